The van der Waals surface area contributed by atoms with Gasteiger partial charge in [0.1, 0.15) is 5.69 Å². The molecule has 0 saturated carbocycles. The van der Waals surface area contributed by atoms with Crippen LogP contribution in [0.3, 0.4) is 0 Å². The molecule has 0 aliphatic rings. The second-order valence-electron chi connectivity index (χ2n) is 3.46. The first-order valence-corrected chi connectivity index (χ1v) is 4.98. The third-order valence-electron chi connectivity index (χ3n) is 2.19. The van der Waals surface area contributed by atoms with E-state index in [2.05, 4.69) is 15.3 Å². The van der Waals surface area contributed by atoms with Gasteiger partial charge in [0.15, 0.2) is 6.39 Å². The minimum atomic E-state index is -1.16. The maximum atomic E-state index is 11.8. The molecule has 2 aromatic heterocycles. The maximum Gasteiger partial charge on any atom is 0.354 e. The van der Waals surface area contributed by atoms with E-state index in [4.69, 9.17) is 9.52 Å². The summed E-state index contributed by atoms with van der Waals surface area (Å²) in [5.74, 6) is -1.57. The fourth-order valence-corrected chi connectivity index (χ4v) is 1.33. The summed E-state index contributed by atoms with van der Waals surface area (Å²) in [7, 11) is 0. The first-order chi connectivity index (χ1) is 8.58. The molecule has 1 amide bonds. The Balaban J connectivity index is 2.20. The van der Waals surface area contributed by atoms with Gasteiger partial charge in [0.05, 0.1) is 5.69 Å². The van der Waals surface area contributed by atoms with Gasteiger partial charge in [-0.3, -0.25) is 4.79 Å². The van der Waals surface area contributed by atoms with E-state index in [1.165, 1.54) is 24.7 Å². The number of pyridine rings is 1. The van der Waals surface area contributed by atoms with Gasteiger partial charge < -0.3 is 14.8 Å². The van der Waals surface area contributed by atoms with Crippen molar-refractivity contribution in [3.63, 3.8) is 0 Å². The number of nitrogens with zero attached hydrogens (tertiary/aromatic N) is 2. The summed E-state index contributed by atoms with van der Waals surface area (Å²) in [6.45, 7) is 1.63. The molecule has 7 nitrogen and oxygen atoms in total. The lowest BCUT2D eigenvalue weighted by Gasteiger charge is -2.03. The summed E-state index contributed by atoms with van der Waals surface area (Å²) < 4.78 is 4.92. The molecule has 2 heterocycles. The van der Waals surface area contributed by atoms with E-state index in [1.807, 2.05) is 0 Å². The lowest BCUT2D eigenvalue weighted by atomic mass is 10.3. The number of aromatic nitrogens is 2. The molecule has 0 aliphatic carbocycles. The zero-order chi connectivity index (χ0) is 13.1. The van der Waals surface area contributed by atoms with Gasteiger partial charge in [-0.25, -0.2) is 14.8 Å². The van der Waals surface area contributed by atoms with Crippen molar-refractivity contribution in [1.82, 2.24) is 9.97 Å². The van der Waals surface area contributed by atoms with Crippen LogP contribution in [0, 0.1) is 6.92 Å². The Hall–Kier alpha value is -2.70. The Morgan fingerprint density at radius 1 is 1.39 bits per heavy atom. The summed E-state index contributed by atoms with van der Waals surface area (Å²) in [5.41, 5.74) is 0.630. The van der Waals surface area contributed by atoms with Crippen molar-refractivity contribution in [2.24, 2.45) is 0 Å². The van der Waals surface area contributed by atoms with Crippen molar-refractivity contribution in [2.45, 2.75) is 6.92 Å². The lowest BCUT2D eigenvalue weighted by molar-refractivity contribution is 0.0690. The van der Waals surface area contributed by atoms with Crippen LogP contribution in [0.15, 0.2) is 29.1 Å². The van der Waals surface area contributed by atoms with Crippen LogP contribution in [0.25, 0.3) is 0 Å². The van der Waals surface area contributed by atoms with Crippen LogP contribution in [0.4, 0.5) is 5.69 Å². The molecular weight excluding hydrogens is 238 g/mol. The Morgan fingerprint density at radius 2 is 2.17 bits per heavy atom. The van der Waals surface area contributed by atoms with Gasteiger partial charge in [0.2, 0.25) is 5.76 Å². The summed E-state index contributed by atoms with van der Waals surface area (Å²) >= 11 is 0. The molecule has 0 aliphatic heterocycles. The normalized spacial score (nSPS) is 10.1. The lowest BCUT2D eigenvalue weighted by Crippen LogP contribution is -2.13. The van der Waals surface area contributed by atoms with Crippen molar-refractivity contribution < 1.29 is 19.1 Å². The molecule has 0 bridgehead atoms. The number of anilines is 1. The number of carboxylic acids is 1. The molecule has 7 heteroatoms. The average Bonchev–Trinajstić information content (AvgIpc) is 2.76. The van der Waals surface area contributed by atoms with E-state index >= 15 is 0 Å². The Labute approximate surface area is 101 Å². The molecule has 0 atom stereocenters. The largest absolute Gasteiger partial charge is 0.477 e. The quantitative estimate of drug-likeness (QED) is 0.847. The van der Waals surface area contributed by atoms with Crippen molar-refractivity contribution in [3.05, 3.63) is 41.9 Å². The molecule has 2 rings (SSSR count). The van der Waals surface area contributed by atoms with Crippen LogP contribution >= 0.6 is 0 Å². The predicted molar refractivity (Wildman–Crippen MR) is 60.4 cm³/mol. The third-order valence-corrected chi connectivity index (χ3v) is 2.19. The van der Waals surface area contributed by atoms with Gasteiger partial charge in [-0.1, -0.05) is 0 Å². The van der Waals surface area contributed by atoms with Gasteiger partial charge in [-0.15, -0.1) is 0 Å². The van der Waals surface area contributed by atoms with Gasteiger partial charge in [-0.05, 0) is 19.1 Å². The third kappa shape index (κ3) is 2.34. The number of carbonyl (C=O) groups excluding carboxylic acids is 1. The van der Waals surface area contributed by atoms with Crippen LogP contribution < -0.4 is 5.32 Å². The van der Waals surface area contributed by atoms with E-state index in [0.717, 1.165) is 0 Å². The van der Waals surface area contributed by atoms with Crippen LogP contribution in [0.5, 0.6) is 0 Å². The number of amides is 1. The molecule has 18 heavy (non-hydrogen) atoms. The zero-order valence-corrected chi connectivity index (χ0v) is 9.38. The van der Waals surface area contributed by atoms with Crippen LogP contribution in [-0.2, 0) is 0 Å². The fourth-order valence-electron chi connectivity index (χ4n) is 1.33. The fraction of sp³-hybridized carbons (Fsp3) is 0.0909. The van der Waals surface area contributed by atoms with E-state index in [-0.39, 0.29) is 11.5 Å². The highest BCUT2D eigenvalue weighted by atomic mass is 16.4. The Kier molecular flexibility index (Phi) is 3.05. The van der Waals surface area contributed by atoms with Gasteiger partial charge >= 0.3 is 5.97 Å². The molecule has 0 aromatic carbocycles. The molecule has 0 saturated heterocycles. The van der Waals surface area contributed by atoms with Gasteiger partial charge in [0, 0.05) is 11.9 Å². The van der Waals surface area contributed by atoms with Crippen LogP contribution in [-0.4, -0.2) is 27.0 Å². The molecule has 2 N–H and O–H groups in total. The average molecular weight is 247 g/mol. The zero-order valence-electron chi connectivity index (χ0n) is 9.38. The molecule has 2 aromatic rings. The second-order valence-corrected chi connectivity index (χ2v) is 3.46. The standard InChI is InChI=1S/C11H9N3O4/c1-6-9(18-5-13-6)10(15)14-7-2-3-12-8(4-7)11(16)17/h2-5H,1H3,(H,16,17)(H,12,14,15). The number of carbonyl (C=O) groups is 2. The first-order valence-electron chi connectivity index (χ1n) is 4.98. The maximum absolute atomic E-state index is 11.8. The molecule has 0 unspecified atom stereocenters. The van der Waals surface area contributed by atoms with Gasteiger partial charge in [-0.2, -0.15) is 0 Å². The number of oxazole rings is 1. The van der Waals surface area contributed by atoms with E-state index in [0.29, 0.717) is 11.4 Å². The van der Waals surface area contributed by atoms with Crippen molar-refractivity contribution in [1.29, 1.82) is 0 Å². The molecule has 92 valence electrons. The van der Waals surface area contributed by atoms with Crippen molar-refractivity contribution in [2.75, 3.05) is 5.32 Å². The number of aromatic carboxylic acids is 1. The highest BCUT2D eigenvalue weighted by Crippen LogP contribution is 2.12. The monoisotopic (exact) mass is 247 g/mol. The number of rotatable bonds is 3. The first kappa shape index (κ1) is 11.8. The predicted octanol–water partition coefficient (Wildman–Crippen LogP) is 1.33. The summed E-state index contributed by atoms with van der Waals surface area (Å²) in [6.07, 6.45) is 2.46. The van der Waals surface area contributed by atoms with E-state index in [1.54, 1.807) is 6.92 Å². The SMILES string of the molecule is Cc1ncoc1C(=O)Nc1ccnc(C(=O)O)c1. The van der Waals surface area contributed by atoms with Crippen molar-refractivity contribution in [3.8, 4) is 0 Å². The number of hydrogen-bond donors (Lipinski definition) is 2. The highest BCUT2D eigenvalue weighted by molar-refractivity contribution is 6.03. The Morgan fingerprint density at radius 3 is 2.78 bits per heavy atom. The molecule has 0 radical (unpaired) electrons. The number of carboxylic acid groups (broad SMARTS) is 1. The minimum absolute atomic E-state index is 0.0867. The second kappa shape index (κ2) is 4.66. The highest BCUT2D eigenvalue weighted by Gasteiger charge is 2.14. The number of nitrogens with one attached hydrogen (secondary N) is 1. The summed E-state index contributed by atoms with van der Waals surface area (Å²) in [6, 6.07) is 2.74. The van der Waals surface area contributed by atoms with Crippen molar-refractivity contribution >= 4 is 17.6 Å². The molecular formula is C11H9N3O4. The molecule has 0 fully saturated rings. The number of aryl methyl sites for hydroxylation is 1. The molecule has 0 spiro atoms. The van der Waals surface area contributed by atoms with E-state index < -0.39 is 11.9 Å². The smallest absolute Gasteiger partial charge is 0.354 e. The summed E-state index contributed by atoms with van der Waals surface area (Å²) in [4.78, 5) is 29.9. The number of hydrogen-bond acceptors (Lipinski definition) is 5. The van der Waals surface area contributed by atoms with Crippen LogP contribution in [0.2, 0.25) is 0 Å². The van der Waals surface area contributed by atoms with Crippen LogP contribution in [0.1, 0.15) is 26.7 Å². The minimum Gasteiger partial charge on any atom is -0.477 e. The van der Waals surface area contributed by atoms with Gasteiger partial charge in [0.25, 0.3) is 5.91 Å². The summed E-state index contributed by atoms with van der Waals surface area (Å²) in [5, 5.41) is 11.3. The topological polar surface area (TPSA) is 105 Å². The van der Waals surface area contributed by atoms with E-state index in [9.17, 15) is 9.59 Å². The Bertz CT molecular complexity index is 606.